The van der Waals surface area contributed by atoms with Crippen molar-refractivity contribution in [3.05, 3.63) is 48.0 Å². The molecule has 1 amide bonds. The minimum absolute atomic E-state index is 0.0710. The summed E-state index contributed by atoms with van der Waals surface area (Å²) in [6.45, 7) is 9.88. The van der Waals surface area contributed by atoms with E-state index in [1.54, 1.807) is 4.90 Å². The molecule has 182 valence electrons. The fourth-order valence-electron chi connectivity index (χ4n) is 3.82. The standard InChI is InChI=1S/C26H33N3O4S/c1-3-5-15-33-21-8-6-7-20(18-21)25(30)29(12-11-28-13-16-31-17-14-28)26-27-23-10-9-22(32-4-2)19-24(23)34-26/h6-10,18-19H,3-5,11-17H2,1-2H3. The third kappa shape index (κ3) is 6.25. The topological polar surface area (TPSA) is 64.1 Å². The Morgan fingerprint density at radius 3 is 2.74 bits per heavy atom. The molecule has 1 aromatic heterocycles. The van der Waals surface area contributed by atoms with Gasteiger partial charge in [0.05, 0.1) is 36.6 Å². The average molecular weight is 484 g/mol. The van der Waals surface area contributed by atoms with Gasteiger partial charge in [0.2, 0.25) is 0 Å². The maximum absolute atomic E-state index is 13.7. The Kier molecular flexibility index (Phi) is 8.73. The molecule has 7 nitrogen and oxygen atoms in total. The summed E-state index contributed by atoms with van der Waals surface area (Å²) in [6, 6.07) is 13.3. The second kappa shape index (κ2) is 12.1. The van der Waals surface area contributed by atoms with Gasteiger partial charge in [-0.25, -0.2) is 4.98 Å². The zero-order chi connectivity index (χ0) is 23.8. The number of anilines is 1. The summed E-state index contributed by atoms with van der Waals surface area (Å²) in [7, 11) is 0. The molecule has 0 saturated carbocycles. The molecular formula is C26H33N3O4S. The van der Waals surface area contributed by atoms with Crippen molar-refractivity contribution in [2.75, 3.05) is 57.5 Å². The van der Waals surface area contributed by atoms with Crippen molar-refractivity contribution in [1.82, 2.24) is 9.88 Å². The minimum Gasteiger partial charge on any atom is -0.494 e. The number of carbonyl (C=O) groups excluding carboxylic acids is 1. The fourth-order valence-corrected chi connectivity index (χ4v) is 4.84. The van der Waals surface area contributed by atoms with Crippen LogP contribution in [0.4, 0.5) is 5.13 Å². The monoisotopic (exact) mass is 483 g/mol. The van der Waals surface area contributed by atoms with Crippen LogP contribution in [-0.2, 0) is 4.74 Å². The molecule has 0 bridgehead atoms. The van der Waals surface area contributed by atoms with Crippen LogP contribution >= 0.6 is 11.3 Å². The van der Waals surface area contributed by atoms with Crippen molar-refractivity contribution in [3.63, 3.8) is 0 Å². The predicted molar refractivity (Wildman–Crippen MR) is 137 cm³/mol. The lowest BCUT2D eigenvalue weighted by atomic mass is 10.2. The van der Waals surface area contributed by atoms with E-state index in [9.17, 15) is 4.79 Å². The Hall–Kier alpha value is -2.68. The summed E-state index contributed by atoms with van der Waals surface area (Å²) in [5.41, 5.74) is 1.47. The number of hydrogen-bond donors (Lipinski definition) is 0. The molecule has 2 heterocycles. The van der Waals surface area contributed by atoms with E-state index in [4.69, 9.17) is 19.2 Å². The SMILES string of the molecule is CCCCOc1cccc(C(=O)N(CCN2CCOCC2)c2nc3ccc(OCC)cc3s2)c1. The molecule has 1 aliphatic heterocycles. The van der Waals surface area contributed by atoms with Crippen molar-refractivity contribution in [3.8, 4) is 11.5 Å². The first kappa shape index (κ1) is 24.4. The number of ether oxygens (including phenoxy) is 3. The van der Waals surface area contributed by atoms with Crippen LogP contribution in [0.2, 0.25) is 0 Å². The molecule has 0 atom stereocenters. The molecule has 0 spiro atoms. The number of carbonyl (C=O) groups is 1. The minimum atomic E-state index is -0.0710. The lowest BCUT2D eigenvalue weighted by Gasteiger charge is -2.29. The summed E-state index contributed by atoms with van der Waals surface area (Å²) >= 11 is 1.52. The van der Waals surface area contributed by atoms with Gasteiger partial charge in [-0.15, -0.1) is 0 Å². The molecule has 1 fully saturated rings. The van der Waals surface area contributed by atoms with E-state index in [-0.39, 0.29) is 5.91 Å². The van der Waals surface area contributed by atoms with Crippen LogP contribution in [0.5, 0.6) is 11.5 Å². The molecule has 0 N–H and O–H groups in total. The largest absolute Gasteiger partial charge is 0.494 e. The number of fused-ring (bicyclic) bond motifs is 1. The molecule has 0 aliphatic carbocycles. The number of morpholine rings is 1. The zero-order valence-corrected chi connectivity index (χ0v) is 20.8. The molecule has 2 aromatic carbocycles. The fraction of sp³-hybridized carbons (Fsp3) is 0.462. The molecule has 3 aromatic rings. The third-order valence-electron chi connectivity index (χ3n) is 5.73. The van der Waals surface area contributed by atoms with E-state index in [2.05, 4.69) is 11.8 Å². The van der Waals surface area contributed by atoms with Gasteiger partial charge in [-0.1, -0.05) is 30.7 Å². The third-order valence-corrected chi connectivity index (χ3v) is 6.77. The lowest BCUT2D eigenvalue weighted by molar-refractivity contribution is 0.0391. The Bertz CT molecular complexity index is 1080. The van der Waals surface area contributed by atoms with Gasteiger partial charge >= 0.3 is 0 Å². The highest BCUT2D eigenvalue weighted by Crippen LogP contribution is 2.32. The quantitative estimate of drug-likeness (QED) is 0.363. The van der Waals surface area contributed by atoms with Gasteiger partial charge in [-0.05, 0) is 49.7 Å². The highest BCUT2D eigenvalue weighted by molar-refractivity contribution is 7.22. The number of benzene rings is 2. The molecular weight excluding hydrogens is 450 g/mol. The maximum atomic E-state index is 13.7. The van der Waals surface area contributed by atoms with E-state index >= 15 is 0 Å². The second-order valence-corrected chi connectivity index (χ2v) is 9.21. The molecule has 4 rings (SSSR count). The van der Waals surface area contributed by atoms with Gasteiger partial charge in [0.15, 0.2) is 5.13 Å². The highest BCUT2D eigenvalue weighted by atomic mass is 32.1. The van der Waals surface area contributed by atoms with E-state index in [0.717, 1.165) is 67.4 Å². The predicted octanol–water partition coefficient (Wildman–Crippen LogP) is 4.85. The van der Waals surface area contributed by atoms with Crippen molar-refractivity contribution < 1.29 is 19.0 Å². The van der Waals surface area contributed by atoms with E-state index < -0.39 is 0 Å². The van der Waals surface area contributed by atoms with Crippen LogP contribution in [0.3, 0.4) is 0 Å². The summed E-state index contributed by atoms with van der Waals surface area (Å²) in [5.74, 6) is 1.46. The van der Waals surface area contributed by atoms with Crippen molar-refractivity contribution >= 4 is 32.6 Å². The van der Waals surface area contributed by atoms with E-state index in [1.165, 1.54) is 11.3 Å². The van der Waals surface area contributed by atoms with Gasteiger partial charge in [0.1, 0.15) is 11.5 Å². The van der Waals surface area contributed by atoms with Gasteiger partial charge < -0.3 is 14.2 Å². The highest BCUT2D eigenvalue weighted by Gasteiger charge is 2.23. The van der Waals surface area contributed by atoms with Crippen LogP contribution in [0.15, 0.2) is 42.5 Å². The number of thiazole rings is 1. The van der Waals surface area contributed by atoms with Crippen LogP contribution in [0.1, 0.15) is 37.0 Å². The molecule has 34 heavy (non-hydrogen) atoms. The zero-order valence-electron chi connectivity index (χ0n) is 20.0. The number of unbranched alkanes of at least 4 members (excludes halogenated alkanes) is 1. The molecule has 1 saturated heterocycles. The maximum Gasteiger partial charge on any atom is 0.260 e. The van der Waals surface area contributed by atoms with Crippen molar-refractivity contribution in [1.29, 1.82) is 0 Å². The van der Waals surface area contributed by atoms with Crippen molar-refractivity contribution in [2.45, 2.75) is 26.7 Å². The Morgan fingerprint density at radius 1 is 1.12 bits per heavy atom. The molecule has 1 aliphatic rings. The number of nitrogens with zero attached hydrogens (tertiary/aromatic N) is 3. The van der Waals surface area contributed by atoms with E-state index in [0.29, 0.717) is 30.5 Å². The van der Waals surface area contributed by atoms with Gasteiger partial charge in [-0.2, -0.15) is 0 Å². The van der Waals surface area contributed by atoms with Crippen LogP contribution in [0.25, 0.3) is 10.2 Å². The number of hydrogen-bond acceptors (Lipinski definition) is 7. The molecule has 0 radical (unpaired) electrons. The summed E-state index contributed by atoms with van der Waals surface area (Å²) < 4.78 is 18.0. The van der Waals surface area contributed by atoms with Crippen LogP contribution in [0, 0.1) is 0 Å². The van der Waals surface area contributed by atoms with Crippen LogP contribution in [-0.4, -0.2) is 68.4 Å². The first-order chi connectivity index (χ1) is 16.7. The second-order valence-electron chi connectivity index (χ2n) is 8.20. The number of rotatable bonds is 11. The Balaban J connectivity index is 1.59. The van der Waals surface area contributed by atoms with Gasteiger partial charge in [-0.3, -0.25) is 14.6 Å². The summed E-state index contributed by atoms with van der Waals surface area (Å²) in [5, 5.41) is 0.694. The van der Waals surface area contributed by atoms with Crippen molar-refractivity contribution in [2.24, 2.45) is 0 Å². The van der Waals surface area contributed by atoms with E-state index in [1.807, 2.05) is 49.4 Å². The first-order valence-corrected chi connectivity index (χ1v) is 12.9. The van der Waals surface area contributed by atoms with Gasteiger partial charge in [0.25, 0.3) is 5.91 Å². The first-order valence-electron chi connectivity index (χ1n) is 12.1. The normalized spacial score (nSPS) is 14.3. The average Bonchev–Trinajstić information content (AvgIpc) is 3.28. The summed E-state index contributed by atoms with van der Waals surface area (Å²) in [4.78, 5) is 22.6. The smallest absolute Gasteiger partial charge is 0.260 e. The van der Waals surface area contributed by atoms with Gasteiger partial charge in [0, 0.05) is 31.7 Å². The molecule has 0 unspecified atom stereocenters. The Morgan fingerprint density at radius 2 is 1.94 bits per heavy atom. The number of aromatic nitrogens is 1. The Labute approximate surface area is 205 Å². The van der Waals surface area contributed by atoms with Crippen LogP contribution < -0.4 is 14.4 Å². The number of amides is 1. The molecule has 8 heteroatoms. The summed E-state index contributed by atoms with van der Waals surface area (Å²) in [6.07, 6.45) is 2.05. The lowest BCUT2D eigenvalue weighted by Crippen LogP contribution is -2.43.